The van der Waals surface area contributed by atoms with Gasteiger partial charge < -0.3 is 15.0 Å². The van der Waals surface area contributed by atoms with Crippen molar-refractivity contribution in [2.45, 2.75) is 6.54 Å². The number of ether oxygens (including phenoxy) is 1. The molecule has 0 aliphatic rings. The summed E-state index contributed by atoms with van der Waals surface area (Å²) in [4.78, 5) is 25.6. The van der Waals surface area contributed by atoms with E-state index in [0.717, 1.165) is 5.56 Å². The van der Waals surface area contributed by atoms with Gasteiger partial charge in [-0.15, -0.1) is 0 Å². The van der Waals surface area contributed by atoms with E-state index in [1.54, 1.807) is 38.4 Å². The lowest BCUT2D eigenvalue weighted by molar-refractivity contribution is 0.0827. The molecule has 0 bridgehead atoms. The van der Waals surface area contributed by atoms with Gasteiger partial charge in [0.2, 0.25) is 0 Å². The van der Waals surface area contributed by atoms with Gasteiger partial charge in [0.15, 0.2) is 5.75 Å². The summed E-state index contributed by atoms with van der Waals surface area (Å²) < 4.78 is 5.06. The van der Waals surface area contributed by atoms with Gasteiger partial charge >= 0.3 is 0 Å². The van der Waals surface area contributed by atoms with Gasteiger partial charge in [0.05, 0.1) is 17.2 Å². The fourth-order valence-corrected chi connectivity index (χ4v) is 2.84. The first-order chi connectivity index (χ1) is 11.8. The van der Waals surface area contributed by atoms with Crippen molar-refractivity contribution in [3.63, 3.8) is 0 Å². The van der Waals surface area contributed by atoms with E-state index in [2.05, 4.69) is 5.32 Å². The van der Waals surface area contributed by atoms with Crippen LogP contribution >= 0.6 is 23.2 Å². The van der Waals surface area contributed by atoms with E-state index in [0.29, 0.717) is 23.4 Å². The van der Waals surface area contributed by atoms with Gasteiger partial charge in [-0.25, -0.2) is 0 Å². The van der Waals surface area contributed by atoms with Crippen LogP contribution in [-0.2, 0) is 6.54 Å². The fraction of sp³-hybridized carbons (Fsp3) is 0.222. The Morgan fingerprint density at radius 1 is 1.04 bits per heavy atom. The zero-order chi connectivity index (χ0) is 18.6. The second-order valence-corrected chi connectivity index (χ2v) is 6.37. The first-order valence-electron chi connectivity index (χ1n) is 7.45. The highest BCUT2D eigenvalue weighted by atomic mass is 35.5. The number of benzene rings is 2. The number of hydrogen-bond donors (Lipinski definition) is 1. The van der Waals surface area contributed by atoms with Gasteiger partial charge in [0.1, 0.15) is 0 Å². The van der Waals surface area contributed by atoms with Crippen LogP contribution in [0.5, 0.6) is 5.75 Å². The predicted molar refractivity (Wildman–Crippen MR) is 98.6 cm³/mol. The average Bonchev–Trinajstić information content (AvgIpc) is 2.59. The molecule has 2 aromatic rings. The third kappa shape index (κ3) is 4.65. The highest BCUT2D eigenvalue weighted by Crippen LogP contribution is 2.33. The third-order valence-electron chi connectivity index (χ3n) is 3.52. The Morgan fingerprint density at radius 3 is 2.08 bits per heavy atom. The molecule has 2 aromatic carbocycles. The monoisotopic (exact) mass is 380 g/mol. The smallest absolute Gasteiger partial charge is 0.253 e. The first-order valence-corrected chi connectivity index (χ1v) is 8.21. The number of carbonyl (C=O) groups is 2. The van der Waals surface area contributed by atoms with Gasteiger partial charge in [0.25, 0.3) is 11.8 Å². The summed E-state index contributed by atoms with van der Waals surface area (Å²) in [5.41, 5.74) is 1.80. The molecule has 25 heavy (non-hydrogen) atoms. The standard InChI is InChI=1S/C18H18Cl2N2O3/c1-22(2)18(24)12-6-4-11(5-7-12)10-21-17(23)13-8-14(19)16(25-3)15(20)9-13/h4-9H,10H2,1-3H3,(H,21,23). The van der Waals surface area contributed by atoms with Crippen molar-refractivity contribution >= 4 is 35.0 Å². The van der Waals surface area contributed by atoms with Crippen molar-refractivity contribution in [2.75, 3.05) is 21.2 Å². The van der Waals surface area contributed by atoms with Crippen LogP contribution < -0.4 is 10.1 Å². The molecule has 0 atom stereocenters. The van der Waals surface area contributed by atoms with Gasteiger partial charge in [-0.1, -0.05) is 35.3 Å². The Bertz CT molecular complexity index is 766. The Kier molecular flexibility index (Phi) is 6.28. The quantitative estimate of drug-likeness (QED) is 0.861. The van der Waals surface area contributed by atoms with Crippen molar-refractivity contribution in [3.05, 3.63) is 63.1 Å². The van der Waals surface area contributed by atoms with Gasteiger partial charge in [-0.2, -0.15) is 0 Å². The van der Waals surface area contributed by atoms with Crippen molar-refractivity contribution < 1.29 is 14.3 Å². The summed E-state index contributed by atoms with van der Waals surface area (Å²) in [6.07, 6.45) is 0. The molecule has 0 aromatic heterocycles. The van der Waals surface area contributed by atoms with E-state index in [-0.39, 0.29) is 21.9 Å². The van der Waals surface area contributed by atoms with Crippen LogP contribution in [0, 0.1) is 0 Å². The first kappa shape index (κ1) is 19.1. The SMILES string of the molecule is COc1c(Cl)cc(C(=O)NCc2ccc(C(=O)N(C)C)cc2)cc1Cl. The molecule has 0 aliphatic carbocycles. The van der Waals surface area contributed by atoms with E-state index in [9.17, 15) is 9.59 Å². The third-order valence-corrected chi connectivity index (χ3v) is 4.09. The van der Waals surface area contributed by atoms with Crippen LogP contribution in [-0.4, -0.2) is 37.9 Å². The number of hydrogen-bond acceptors (Lipinski definition) is 3. The Hall–Kier alpha value is -2.24. The summed E-state index contributed by atoms with van der Waals surface area (Å²) in [7, 11) is 4.85. The average molecular weight is 381 g/mol. The molecule has 0 aliphatic heterocycles. The molecule has 0 heterocycles. The molecule has 2 amide bonds. The Labute approximate surface area is 156 Å². The number of amides is 2. The van der Waals surface area contributed by atoms with Crippen LogP contribution in [0.25, 0.3) is 0 Å². The van der Waals surface area contributed by atoms with Crippen LogP contribution in [0.15, 0.2) is 36.4 Å². The summed E-state index contributed by atoms with van der Waals surface area (Å²) in [6, 6.07) is 10.0. The second-order valence-electron chi connectivity index (χ2n) is 5.55. The predicted octanol–water partition coefficient (Wildman–Crippen LogP) is 3.63. The van der Waals surface area contributed by atoms with Gasteiger partial charge in [-0.05, 0) is 29.8 Å². The number of methoxy groups -OCH3 is 1. The second kappa shape index (κ2) is 8.23. The molecule has 0 saturated carbocycles. The molecular formula is C18H18Cl2N2O3. The maximum Gasteiger partial charge on any atom is 0.253 e. The normalized spacial score (nSPS) is 10.3. The summed E-state index contributed by atoms with van der Waals surface area (Å²) >= 11 is 12.1. The van der Waals surface area contributed by atoms with Crippen molar-refractivity contribution in [1.82, 2.24) is 10.2 Å². The molecule has 132 valence electrons. The lowest BCUT2D eigenvalue weighted by Gasteiger charge is -2.11. The van der Waals surface area contributed by atoms with Crippen molar-refractivity contribution in [2.24, 2.45) is 0 Å². The Morgan fingerprint density at radius 2 is 1.60 bits per heavy atom. The fourth-order valence-electron chi connectivity index (χ4n) is 2.19. The minimum Gasteiger partial charge on any atom is -0.494 e. The Balaban J connectivity index is 2.04. The highest BCUT2D eigenvalue weighted by molar-refractivity contribution is 6.37. The van der Waals surface area contributed by atoms with Crippen LogP contribution in [0.4, 0.5) is 0 Å². The number of halogens is 2. The van der Waals surface area contributed by atoms with Crippen molar-refractivity contribution in [1.29, 1.82) is 0 Å². The number of rotatable bonds is 5. The molecule has 0 unspecified atom stereocenters. The molecule has 0 fully saturated rings. The topological polar surface area (TPSA) is 58.6 Å². The van der Waals surface area contributed by atoms with Crippen LogP contribution in [0.2, 0.25) is 10.0 Å². The zero-order valence-electron chi connectivity index (χ0n) is 14.1. The van der Waals surface area contributed by atoms with Gasteiger partial charge in [-0.3, -0.25) is 9.59 Å². The van der Waals surface area contributed by atoms with E-state index >= 15 is 0 Å². The largest absolute Gasteiger partial charge is 0.494 e. The van der Waals surface area contributed by atoms with Gasteiger partial charge in [0, 0.05) is 31.8 Å². The van der Waals surface area contributed by atoms with E-state index < -0.39 is 0 Å². The molecule has 1 N–H and O–H groups in total. The lowest BCUT2D eigenvalue weighted by atomic mass is 10.1. The maximum absolute atomic E-state index is 12.3. The molecular weight excluding hydrogens is 363 g/mol. The molecule has 0 spiro atoms. The molecule has 5 nitrogen and oxygen atoms in total. The number of nitrogens with zero attached hydrogens (tertiary/aromatic N) is 1. The molecule has 0 saturated heterocycles. The van der Waals surface area contributed by atoms with Crippen LogP contribution in [0.3, 0.4) is 0 Å². The molecule has 0 radical (unpaired) electrons. The maximum atomic E-state index is 12.3. The minimum absolute atomic E-state index is 0.0712. The number of carbonyl (C=O) groups excluding carboxylic acids is 2. The highest BCUT2D eigenvalue weighted by Gasteiger charge is 2.13. The summed E-state index contributed by atoms with van der Waals surface area (Å²) in [6.45, 7) is 0.316. The minimum atomic E-state index is -0.306. The molecule has 2 rings (SSSR count). The van der Waals surface area contributed by atoms with E-state index in [4.69, 9.17) is 27.9 Å². The van der Waals surface area contributed by atoms with Crippen LogP contribution in [0.1, 0.15) is 26.3 Å². The van der Waals surface area contributed by atoms with Crippen molar-refractivity contribution in [3.8, 4) is 5.75 Å². The number of nitrogens with one attached hydrogen (secondary N) is 1. The summed E-state index contributed by atoms with van der Waals surface area (Å²) in [5, 5.41) is 3.33. The molecule has 7 heteroatoms. The summed E-state index contributed by atoms with van der Waals surface area (Å²) in [5.74, 6) is -0.0426. The lowest BCUT2D eigenvalue weighted by Crippen LogP contribution is -2.23. The van der Waals surface area contributed by atoms with E-state index in [1.807, 2.05) is 0 Å². The van der Waals surface area contributed by atoms with E-state index in [1.165, 1.54) is 24.1 Å². The zero-order valence-corrected chi connectivity index (χ0v) is 15.6.